The fraction of sp³-hybridized carbons (Fsp3) is 0.400. The SMILES string of the molecule is CC1(C)OB(c2ncccc2-c2ccoc2)OC1(C)C. The zero-order valence-electron chi connectivity index (χ0n) is 12.2. The minimum Gasteiger partial charge on any atom is -0.472 e. The zero-order valence-corrected chi connectivity index (χ0v) is 12.2. The van der Waals surface area contributed by atoms with E-state index in [9.17, 15) is 0 Å². The lowest BCUT2D eigenvalue weighted by Crippen LogP contribution is -2.41. The van der Waals surface area contributed by atoms with Crippen LogP contribution in [0.5, 0.6) is 0 Å². The highest BCUT2D eigenvalue weighted by atomic mass is 16.7. The van der Waals surface area contributed by atoms with Crippen LogP contribution in [0, 0.1) is 0 Å². The van der Waals surface area contributed by atoms with E-state index in [0.717, 1.165) is 16.7 Å². The molecular weight excluding hydrogens is 253 g/mol. The van der Waals surface area contributed by atoms with Gasteiger partial charge in [0.05, 0.1) is 29.3 Å². The predicted molar refractivity (Wildman–Crippen MR) is 77.7 cm³/mol. The van der Waals surface area contributed by atoms with Gasteiger partial charge in [0, 0.05) is 17.3 Å². The number of hydrogen-bond acceptors (Lipinski definition) is 4. The largest absolute Gasteiger partial charge is 0.515 e. The van der Waals surface area contributed by atoms with Crippen molar-refractivity contribution in [2.45, 2.75) is 38.9 Å². The van der Waals surface area contributed by atoms with Crippen molar-refractivity contribution in [2.24, 2.45) is 0 Å². The van der Waals surface area contributed by atoms with Crippen molar-refractivity contribution < 1.29 is 13.7 Å². The third-order valence-corrected chi connectivity index (χ3v) is 4.15. The molecule has 0 amide bonds. The number of rotatable bonds is 2. The molecule has 3 heterocycles. The summed E-state index contributed by atoms with van der Waals surface area (Å²) < 4.78 is 17.3. The van der Waals surface area contributed by atoms with E-state index in [1.54, 1.807) is 18.7 Å². The van der Waals surface area contributed by atoms with Crippen LogP contribution in [0.15, 0.2) is 41.3 Å². The van der Waals surface area contributed by atoms with Crippen molar-refractivity contribution in [3.8, 4) is 11.1 Å². The summed E-state index contributed by atoms with van der Waals surface area (Å²) in [6.45, 7) is 8.14. The Hall–Kier alpha value is -1.59. The van der Waals surface area contributed by atoms with E-state index < -0.39 is 7.12 Å². The summed E-state index contributed by atoms with van der Waals surface area (Å²) in [5.74, 6) is 0. The van der Waals surface area contributed by atoms with Crippen molar-refractivity contribution >= 4 is 12.7 Å². The Kier molecular flexibility index (Phi) is 2.99. The van der Waals surface area contributed by atoms with Gasteiger partial charge in [-0.15, -0.1) is 0 Å². The molecule has 2 aromatic rings. The van der Waals surface area contributed by atoms with Crippen LogP contribution in [-0.2, 0) is 9.31 Å². The maximum Gasteiger partial charge on any atom is 0.515 e. The molecule has 104 valence electrons. The van der Waals surface area contributed by atoms with Gasteiger partial charge in [-0.05, 0) is 39.8 Å². The Labute approximate surface area is 119 Å². The number of pyridine rings is 1. The van der Waals surface area contributed by atoms with E-state index in [0.29, 0.717) is 0 Å². The van der Waals surface area contributed by atoms with Gasteiger partial charge in [-0.3, -0.25) is 4.98 Å². The summed E-state index contributed by atoms with van der Waals surface area (Å²) in [6.07, 6.45) is 5.10. The summed E-state index contributed by atoms with van der Waals surface area (Å²) in [6, 6.07) is 5.81. The highest BCUT2D eigenvalue weighted by Gasteiger charge is 2.52. The first-order valence-electron chi connectivity index (χ1n) is 6.74. The van der Waals surface area contributed by atoms with Crippen LogP contribution >= 0.6 is 0 Å². The minimum absolute atomic E-state index is 0.372. The second kappa shape index (κ2) is 4.47. The second-order valence-electron chi connectivity index (χ2n) is 6.04. The van der Waals surface area contributed by atoms with Crippen molar-refractivity contribution in [3.05, 3.63) is 36.9 Å². The molecule has 1 aliphatic heterocycles. The minimum atomic E-state index is -0.467. The standard InChI is InChI=1S/C15H18BNO3/c1-14(2)15(3,4)20-16(19-14)13-12(6-5-8-17-13)11-7-9-18-10-11/h5-10H,1-4H3. The van der Waals surface area contributed by atoms with Crippen molar-refractivity contribution in [3.63, 3.8) is 0 Å². The molecule has 1 fully saturated rings. The molecule has 0 bridgehead atoms. The van der Waals surface area contributed by atoms with Crippen LogP contribution in [0.4, 0.5) is 0 Å². The van der Waals surface area contributed by atoms with Gasteiger partial charge in [-0.1, -0.05) is 6.07 Å². The van der Waals surface area contributed by atoms with Crippen LogP contribution < -0.4 is 5.59 Å². The molecule has 0 unspecified atom stereocenters. The van der Waals surface area contributed by atoms with Gasteiger partial charge >= 0.3 is 7.12 Å². The Bertz CT molecular complexity index is 591. The normalized spacial score (nSPS) is 20.3. The fourth-order valence-electron chi connectivity index (χ4n) is 2.22. The lowest BCUT2D eigenvalue weighted by atomic mass is 9.79. The number of furan rings is 1. The summed E-state index contributed by atoms with van der Waals surface area (Å²) in [7, 11) is -0.467. The Balaban J connectivity index is 2.01. The number of nitrogens with zero attached hydrogens (tertiary/aromatic N) is 1. The van der Waals surface area contributed by atoms with Crippen molar-refractivity contribution in [1.82, 2.24) is 4.98 Å². The van der Waals surface area contributed by atoms with E-state index in [1.807, 2.05) is 45.9 Å². The summed E-state index contributed by atoms with van der Waals surface area (Å²) in [5.41, 5.74) is 1.99. The van der Waals surface area contributed by atoms with Gasteiger partial charge in [-0.25, -0.2) is 0 Å². The topological polar surface area (TPSA) is 44.5 Å². The average Bonchev–Trinajstić information content (AvgIpc) is 2.97. The van der Waals surface area contributed by atoms with Crippen LogP contribution in [0.2, 0.25) is 0 Å². The van der Waals surface area contributed by atoms with E-state index in [1.165, 1.54) is 0 Å². The Morgan fingerprint density at radius 2 is 1.75 bits per heavy atom. The van der Waals surface area contributed by atoms with Gasteiger partial charge in [-0.2, -0.15) is 0 Å². The highest BCUT2D eigenvalue weighted by molar-refractivity contribution is 6.62. The lowest BCUT2D eigenvalue weighted by Gasteiger charge is -2.32. The maximum absolute atomic E-state index is 6.07. The molecule has 0 saturated carbocycles. The molecule has 0 radical (unpaired) electrons. The smallest absolute Gasteiger partial charge is 0.472 e. The molecular formula is C15H18BNO3. The van der Waals surface area contributed by atoms with Crippen LogP contribution in [0.3, 0.4) is 0 Å². The molecule has 0 aromatic carbocycles. The molecule has 0 atom stereocenters. The van der Waals surface area contributed by atoms with E-state index in [-0.39, 0.29) is 11.2 Å². The molecule has 2 aromatic heterocycles. The van der Waals surface area contributed by atoms with Gasteiger partial charge in [0.1, 0.15) is 0 Å². The van der Waals surface area contributed by atoms with Crippen LogP contribution in [0.1, 0.15) is 27.7 Å². The molecule has 4 nitrogen and oxygen atoms in total. The summed E-state index contributed by atoms with van der Waals surface area (Å²) in [4.78, 5) is 4.46. The lowest BCUT2D eigenvalue weighted by molar-refractivity contribution is 0.00578. The van der Waals surface area contributed by atoms with E-state index in [2.05, 4.69) is 4.98 Å². The molecule has 0 spiro atoms. The zero-order chi connectivity index (χ0) is 14.4. The van der Waals surface area contributed by atoms with Gasteiger partial charge in [0.15, 0.2) is 0 Å². The summed E-state index contributed by atoms with van der Waals surface area (Å²) >= 11 is 0. The monoisotopic (exact) mass is 271 g/mol. The molecule has 1 saturated heterocycles. The first-order valence-corrected chi connectivity index (χ1v) is 6.74. The summed E-state index contributed by atoms with van der Waals surface area (Å²) in [5, 5.41) is 0. The van der Waals surface area contributed by atoms with E-state index in [4.69, 9.17) is 13.7 Å². The quantitative estimate of drug-likeness (QED) is 0.787. The van der Waals surface area contributed by atoms with Gasteiger partial charge in [0.25, 0.3) is 0 Å². The second-order valence-corrected chi connectivity index (χ2v) is 6.04. The fourth-order valence-corrected chi connectivity index (χ4v) is 2.22. The van der Waals surface area contributed by atoms with Crippen LogP contribution in [0.25, 0.3) is 11.1 Å². The molecule has 0 N–H and O–H groups in total. The Morgan fingerprint density at radius 1 is 1.05 bits per heavy atom. The van der Waals surface area contributed by atoms with Gasteiger partial charge in [0.2, 0.25) is 0 Å². The molecule has 3 rings (SSSR count). The first kappa shape index (κ1) is 13.4. The van der Waals surface area contributed by atoms with Crippen molar-refractivity contribution in [2.75, 3.05) is 0 Å². The van der Waals surface area contributed by atoms with Crippen molar-refractivity contribution in [1.29, 1.82) is 0 Å². The number of hydrogen-bond donors (Lipinski definition) is 0. The number of aromatic nitrogens is 1. The van der Waals surface area contributed by atoms with Crippen LogP contribution in [-0.4, -0.2) is 23.3 Å². The van der Waals surface area contributed by atoms with Gasteiger partial charge < -0.3 is 13.7 Å². The third-order valence-electron chi connectivity index (χ3n) is 4.15. The maximum atomic E-state index is 6.07. The third kappa shape index (κ3) is 2.07. The molecule has 5 heteroatoms. The highest BCUT2D eigenvalue weighted by Crippen LogP contribution is 2.37. The molecule has 20 heavy (non-hydrogen) atoms. The average molecular weight is 271 g/mol. The van der Waals surface area contributed by atoms with E-state index >= 15 is 0 Å². The predicted octanol–water partition coefficient (Wildman–Crippen LogP) is 2.64. The molecule has 1 aliphatic rings. The Morgan fingerprint density at radius 3 is 2.35 bits per heavy atom. The molecule has 0 aliphatic carbocycles. The first-order chi connectivity index (χ1) is 9.41.